The largest absolute Gasteiger partial charge is 0.456 e. The molecule has 0 unspecified atom stereocenters. The van der Waals surface area contributed by atoms with E-state index in [2.05, 4.69) is 65.6 Å². The monoisotopic (exact) mass is 542 g/mol. The minimum absolute atomic E-state index is 0.591. The summed E-state index contributed by atoms with van der Waals surface area (Å²) in [4.78, 5) is 7.17. The summed E-state index contributed by atoms with van der Waals surface area (Å²) >= 11 is 0. The highest BCUT2D eigenvalue weighted by molar-refractivity contribution is 6.17. The Kier molecular flexibility index (Phi) is 4.83. The van der Waals surface area contributed by atoms with Crippen molar-refractivity contribution in [1.82, 2.24) is 4.98 Å². The zero-order valence-electron chi connectivity index (χ0n) is 22.3. The second kappa shape index (κ2) is 8.85. The van der Waals surface area contributed by atoms with Gasteiger partial charge in [0.25, 0.3) is 0 Å². The van der Waals surface area contributed by atoms with Gasteiger partial charge in [-0.05, 0) is 72.8 Å². The molecule has 42 heavy (non-hydrogen) atoms. The maximum atomic E-state index is 6.30. The van der Waals surface area contributed by atoms with Crippen LogP contribution in [0.4, 0.5) is 17.1 Å². The van der Waals surface area contributed by atoms with Crippen LogP contribution in [0, 0.1) is 0 Å². The number of hydrogen-bond donors (Lipinski definition) is 0. The number of nitrogens with zero attached hydrogens (tertiary/aromatic N) is 2. The molecular weight excluding hydrogens is 520 g/mol. The van der Waals surface area contributed by atoms with Gasteiger partial charge in [0, 0.05) is 44.9 Å². The molecule has 198 valence electrons. The molecule has 9 rings (SSSR count). The van der Waals surface area contributed by atoms with Crippen molar-refractivity contribution in [3.8, 4) is 11.5 Å². The first-order chi connectivity index (χ1) is 20.8. The number of oxazole rings is 1. The fourth-order valence-corrected chi connectivity index (χ4v) is 5.96. The van der Waals surface area contributed by atoms with Gasteiger partial charge in [-0.1, -0.05) is 54.6 Å². The molecule has 0 atom stereocenters. The zero-order chi connectivity index (χ0) is 27.6. The molecule has 0 aliphatic rings. The summed E-state index contributed by atoms with van der Waals surface area (Å²) in [5.41, 5.74) is 8.79. The number of furan rings is 2. The number of rotatable bonds is 4. The highest BCUT2D eigenvalue weighted by atomic mass is 16.4. The maximum absolute atomic E-state index is 6.30. The summed E-state index contributed by atoms with van der Waals surface area (Å²) in [6.45, 7) is 0. The molecule has 0 N–H and O–H groups in total. The van der Waals surface area contributed by atoms with Crippen molar-refractivity contribution in [1.29, 1.82) is 0 Å². The van der Waals surface area contributed by atoms with Crippen molar-refractivity contribution in [3.05, 3.63) is 133 Å². The van der Waals surface area contributed by atoms with Crippen LogP contribution in [0.25, 0.3) is 66.4 Å². The van der Waals surface area contributed by atoms with Crippen molar-refractivity contribution in [2.24, 2.45) is 0 Å². The Morgan fingerprint density at radius 1 is 0.429 bits per heavy atom. The maximum Gasteiger partial charge on any atom is 0.227 e. The Morgan fingerprint density at radius 2 is 1.07 bits per heavy atom. The van der Waals surface area contributed by atoms with Crippen LogP contribution in [0.5, 0.6) is 0 Å². The molecule has 5 nitrogen and oxygen atoms in total. The molecule has 0 saturated heterocycles. The van der Waals surface area contributed by atoms with Gasteiger partial charge in [-0.2, -0.15) is 0 Å². The Morgan fingerprint density at radius 3 is 1.95 bits per heavy atom. The lowest BCUT2D eigenvalue weighted by atomic mass is 10.1. The number of benzene rings is 6. The molecule has 6 aromatic carbocycles. The van der Waals surface area contributed by atoms with E-state index in [0.29, 0.717) is 5.89 Å². The van der Waals surface area contributed by atoms with Crippen LogP contribution in [-0.2, 0) is 0 Å². The molecule has 5 heteroatoms. The van der Waals surface area contributed by atoms with E-state index < -0.39 is 0 Å². The molecule has 0 amide bonds. The predicted octanol–water partition coefficient (Wildman–Crippen LogP) is 10.8. The van der Waals surface area contributed by atoms with E-state index >= 15 is 0 Å². The lowest BCUT2D eigenvalue weighted by Gasteiger charge is -2.25. The van der Waals surface area contributed by atoms with Crippen molar-refractivity contribution in [2.75, 3.05) is 4.90 Å². The van der Waals surface area contributed by atoms with Crippen LogP contribution in [0.15, 0.2) is 147 Å². The minimum Gasteiger partial charge on any atom is -0.456 e. The summed E-state index contributed by atoms with van der Waals surface area (Å²) in [7, 11) is 0. The standard InChI is InChI=1S/C37H22N2O3/c1-3-9-23(10-4-1)37-38-36-33(42-37)20-19-32-35(36)29-21-25(16-18-31(29)40-32)39(24-11-5-2-6-12-24)26-15-17-28-27-13-7-8-14-30(27)41-34(28)22-26/h1-22H. The van der Waals surface area contributed by atoms with E-state index in [1.807, 2.05) is 72.8 Å². The predicted molar refractivity (Wildman–Crippen MR) is 169 cm³/mol. The number of fused-ring (bicyclic) bond motifs is 8. The molecule has 3 heterocycles. The van der Waals surface area contributed by atoms with E-state index in [-0.39, 0.29) is 0 Å². The van der Waals surface area contributed by atoms with Crippen LogP contribution < -0.4 is 4.90 Å². The second-order valence-corrected chi connectivity index (χ2v) is 10.4. The Bertz CT molecular complexity index is 2420. The normalized spacial score (nSPS) is 11.8. The first kappa shape index (κ1) is 22.9. The van der Waals surface area contributed by atoms with E-state index in [0.717, 1.165) is 77.6 Å². The van der Waals surface area contributed by atoms with Gasteiger partial charge in [0.15, 0.2) is 5.58 Å². The van der Waals surface area contributed by atoms with Gasteiger partial charge in [0.1, 0.15) is 27.8 Å². The fourth-order valence-electron chi connectivity index (χ4n) is 5.96. The first-order valence-electron chi connectivity index (χ1n) is 13.9. The Balaban J connectivity index is 1.26. The van der Waals surface area contributed by atoms with Gasteiger partial charge < -0.3 is 18.2 Å². The number of anilines is 3. The molecule has 0 saturated carbocycles. The van der Waals surface area contributed by atoms with Gasteiger partial charge in [-0.3, -0.25) is 0 Å². The van der Waals surface area contributed by atoms with Crippen molar-refractivity contribution in [3.63, 3.8) is 0 Å². The second-order valence-electron chi connectivity index (χ2n) is 10.4. The van der Waals surface area contributed by atoms with Crippen LogP contribution in [0.1, 0.15) is 0 Å². The van der Waals surface area contributed by atoms with Gasteiger partial charge in [0.2, 0.25) is 5.89 Å². The lowest BCUT2D eigenvalue weighted by Crippen LogP contribution is -2.09. The quantitative estimate of drug-likeness (QED) is 0.221. The van der Waals surface area contributed by atoms with E-state index in [9.17, 15) is 0 Å². The molecule has 0 radical (unpaired) electrons. The summed E-state index contributed by atoms with van der Waals surface area (Å²) < 4.78 is 18.7. The number of aromatic nitrogens is 1. The first-order valence-corrected chi connectivity index (χ1v) is 13.9. The average Bonchev–Trinajstić information content (AvgIpc) is 3.75. The smallest absolute Gasteiger partial charge is 0.227 e. The van der Waals surface area contributed by atoms with Crippen molar-refractivity contribution < 1.29 is 13.3 Å². The van der Waals surface area contributed by atoms with Gasteiger partial charge in [-0.15, -0.1) is 0 Å². The minimum atomic E-state index is 0.591. The summed E-state index contributed by atoms with van der Waals surface area (Å²) in [6.07, 6.45) is 0. The molecule has 9 aromatic rings. The third kappa shape index (κ3) is 3.47. The van der Waals surface area contributed by atoms with Gasteiger partial charge >= 0.3 is 0 Å². The molecule has 0 fully saturated rings. The molecule has 3 aromatic heterocycles. The summed E-state index contributed by atoms with van der Waals surface area (Å²) in [5.74, 6) is 0.591. The third-order valence-corrected chi connectivity index (χ3v) is 7.89. The summed E-state index contributed by atoms with van der Waals surface area (Å²) in [6, 6.07) is 45.1. The highest BCUT2D eigenvalue weighted by Crippen LogP contribution is 2.42. The number of hydrogen-bond acceptors (Lipinski definition) is 5. The molecule has 0 aliphatic carbocycles. The topological polar surface area (TPSA) is 55.6 Å². The Hall–Kier alpha value is -5.81. The van der Waals surface area contributed by atoms with Crippen LogP contribution in [-0.4, -0.2) is 4.98 Å². The molecule has 0 spiro atoms. The molecule has 0 aliphatic heterocycles. The van der Waals surface area contributed by atoms with Crippen LogP contribution in [0.3, 0.4) is 0 Å². The van der Waals surface area contributed by atoms with E-state index in [1.165, 1.54) is 0 Å². The Labute approximate surface area is 239 Å². The van der Waals surface area contributed by atoms with E-state index in [4.69, 9.17) is 18.2 Å². The van der Waals surface area contributed by atoms with Crippen molar-refractivity contribution in [2.45, 2.75) is 0 Å². The highest BCUT2D eigenvalue weighted by Gasteiger charge is 2.20. The van der Waals surface area contributed by atoms with Crippen LogP contribution in [0.2, 0.25) is 0 Å². The average molecular weight is 543 g/mol. The summed E-state index contributed by atoms with van der Waals surface area (Å²) in [5, 5.41) is 4.13. The zero-order valence-corrected chi connectivity index (χ0v) is 22.3. The van der Waals surface area contributed by atoms with Crippen molar-refractivity contribution >= 4 is 72.0 Å². The fraction of sp³-hybridized carbons (Fsp3) is 0. The van der Waals surface area contributed by atoms with Crippen LogP contribution >= 0.6 is 0 Å². The third-order valence-electron chi connectivity index (χ3n) is 7.89. The van der Waals surface area contributed by atoms with Gasteiger partial charge in [-0.25, -0.2) is 4.98 Å². The SMILES string of the molecule is c1ccc(-c2nc3c(ccc4oc5ccc(N(c6ccccc6)c6ccc7c(c6)oc6ccccc67)cc5c43)o2)cc1. The number of para-hydroxylation sites is 2. The van der Waals surface area contributed by atoms with Gasteiger partial charge in [0.05, 0.1) is 5.39 Å². The molecule has 0 bridgehead atoms. The lowest BCUT2D eigenvalue weighted by molar-refractivity contribution is 0.619. The molecular formula is C37H22N2O3. The van der Waals surface area contributed by atoms with E-state index in [1.54, 1.807) is 0 Å².